The van der Waals surface area contributed by atoms with Gasteiger partial charge in [-0.3, -0.25) is 14.5 Å². The molecule has 2 aliphatic heterocycles. The Morgan fingerprint density at radius 2 is 2.06 bits per heavy atom. The normalized spacial score (nSPS) is 20.9. The fourth-order valence-electron chi connectivity index (χ4n) is 5.37. The lowest BCUT2D eigenvalue weighted by Crippen LogP contribution is -2.36. The Balaban J connectivity index is 1.34. The summed E-state index contributed by atoms with van der Waals surface area (Å²) in [6, 6.07) is 8.92. The van der Waals surface area contributed by atoms with E-state index < -0.39 is 5.82 Å². The molecule has 36 heavy (non-hydrogen) atoms. The van der Waals surface area contributed by atoms with Crippen LogP contribution in [-0.2, 0) is 4.79 Å². The Kier molecular flexibility index (Phi) is 8.52. The van der Waals surface area contributed by atoms with Gasteiger partial charge in [-0.1, -0.05) is 17.7 Å². The van der Waals surface area contributed by atoms with Crippen molar-refractivity contribution in [3.05, 3.63) is 63.4 Å². The molecule has 3 atom stereocenters. The summed E-state index contributed by atoms with van der Waals surface area (Å²) in [5.41, 5.74) is 4.00. The van der Waals surface area contributed by atoms with Crippen molar-refractivity contribution in [1.82, 2.24) is 15.5 Å². The van der Waals surface area contributed by atoms with Crippen molar-refractivity contribution in [1.29, 1.82) is 0 Å². The smallest absolute Gasteiger partial charge is 0.251 e. The molecule has 2 fully saturated rings. The van der Waals surface area contributed by atoms with Gasteiger partial charge in [-0.05, 0) is 94.0 Å². The number of benzene rings is 2. The topological polar surface area (TPSA) is 70.7 Å². The molecule has 0 bridgehead atoms. The van der Waals surface area contributed by atoms with Crippen molar-refractivity contribution in [2.24, 2.45) is 0 Å². The molecular formula is C28H35ClFN3O3. The van der Waals surface area contributed by atoms with E-state index in [9.17, 15) is 14.0 Å². The van der Waals surface area contributed by atoms with Crippen molar-refractivity contribution < 1.29 is 18.7 Å². The number of ether oxygens (including phenoxy) is 1. The average molecular weight is 516 g/mol. The lowest BCUT2D eigenvalue weighted by atomic mass is 9.96. The van der Waals surface area contributed by atoms with Crippen LogP contribution in [0, 0.1) is 19.7 Å². The van der Waals surface area contributed by atoms with Gasteiger partial charge >= 0.3 is 0 Å². The number of amides is 2. The van der Waals surface area contributed by atoms with Gasteiger partial charge in [0.1, 0.15) is 18.2 Å². The van der Waals surface area contributed by atoms with Gasteiger partial charge in [-0.2, -0.15) is 0 Å². The zero-order valence-corrected chi connectivity index (χ0v) is 22.0. The van der Waals surface area contributed by atoms with Crippen LogP contribution in [0.1, 0.15) is 72.1 Å². The predicted molar refractivity (Wildman–Crippen MR) is 139 cm³/mol. The quantitative estimate of drug-likeness (QED) is 0.487. The van der Waals surface area contributed by atoms with Gasteiger partial charge in [0.25, 0.3) is 5.91 Å². The molecule has 8 heteroatoms. The molecule has 0 aliphatic carbocycles. The van der Waals surface area contributed by atoms with E-state index in [2.05, 4.69) is 42.4 Å². The van der Waals surface area contributed by atoms with E-state index in [-0.39, 0.29) is 28.9 Å². The van der Waals surface area contributed by atoms with Crippen LogP contribution in [0.25, 0.3) is 0 Å². The van der Waals surface area contributed by atoms with E-state index in [4.69, 9.17) is 16.3 Å². The first-order valence-corrected chi connectivity index (χ1v) is 13.1. The predicted octanol–water partition coefficient (Wildman–Crippen LogP) is 5.10. The zero-order valence-electron chi connectivity index (χ0n) is 21.2. The number of nitrogens with zero attached hydrogens (tertiary/aromatic N) is 1. The monoisotopic (exact) mass is 515 g/mol. The molecule has 2 aliphatic rings. The highest BCUT2D eigenvalue weighted by molar-refractivity contribution is 6.31. The Labute approximate surface area is 217 Å². The molecule has 194 valence electrons. The number of hydrogen-bond donors (Lipinski definition) is 2. The van der Waals surface area contributed by atoms with Gasteiger partial charge < -0.3 is 15.4 Å². The van der Waals surface area contributed by atoms with E-state index in [0.717, 1.165) is 43.5 Å². The van der Waals surface area contributed by atoms with Crippen LogP contribution in [-0.4, -0.2) is 48.5 Å². The van der Waals surface area contributed by atoms with E-state index in [1.807, 2.05) is 6.07 Å². The molecule has 2 aromatic carbocycles. The third-order valence-electron chi connectivity index (χ3n) is 7.62. The van der Waals surface area contributed by atoms with Crippen molar-refractivity contribution in [3.63, 3.8) is 0 Å². The third kappa shape index (κ3) is 6.01. The van der Waals surface area contributed by atoms with Crippen LogP contribution in [0.4, 0.5) is 4.39 Å². The molecular weight excluding hydrogens is 481 g/mol. The average Bonchev–Trinajstić information content (AvgIpc) is 3.50. The minimum absolute atomic E-state index is 0.0502. The van der Waals surface area contributed by atoms with E-state index in [0.29, 0.717) is 31.2 Å². The molecule has 2 N–H and O–H groups in total. The summed E-state index contributed by atoms with van der Waals surface area (Å²) in [4.78, 5) is 26.4. The standard InChI is InChI=1S/C28H35ClFN3O3/c1-17-18(2)26(36-16-21-7-11-27(34)32-21)10-8-23(17)19(3)33-14-4-5-22(33)12-13-31-28(35)20-6-9-25(30)24(29)15-20/h6,8-10,15,19,21-22H,4-5,7,11-14,16H2,1-3H3,(H,31,35)(H,32,34)/t19?,21-,22?/m1/s1. The SMILES string of the molecule is Cc1c(OC[C@H]2CCC(=O)N2)ccc(C(C)N2CCCC2CCNC(=O)c2ccc(F)c(Cl)c2)c1C. The first-order chi connectivity index (χ1) is 17.2. The van der Waals surface area contributed by atoms with Crippen molar-refractivity contribution in [2.75, 3.05) is 19.7 Å². The third-order valence-corrected chi connectivity index (χ3v) is 7.91. The van der Waals surface area contributed by atoms with Crippen LogP contribution < -0.4 is 15.4 Å². The summed E-state index contributed by atoms with van der Waals surface area (Å²) in [7, 11) is 0. The maximum Gasteiger partial charge on any atom is 0.251 e. The molecule has 0 saturated carbocycles. The van der Waals surface area contributed by atoms with Crippen molar-refractivity contribution in [2.45, 2.75) is 71.0 Å². The first kappa shape index (κ1) is 26.4. The molecule has 4 rings (SSSR count). The van der Waals surface area contributed by atoms with Crippen LogP contribution in [0.5, 0.6) is 5.75 Å². The van der Waals surface area contributed by atoms with Crippen LogP contribution >= 0.6 is 11.6 Å². The van der Waals surface area contributed by atoms with Gasteiger partial charge in [-0.15, -0.1) is 0 Å². The fourth-order valence-corrected chi connectivity index (χ4v) is 5.55. The number of rotatable bonds is 9. The molecule has 2 heterocycles. The molecule has 2 amide bonds. The Hall–Kier alpha value is -2.64. The highest BCUT2D eigenvalue weighted by Gasteiger charge is 2.30. The zero-order chi connectivity index (χ0) is 25.8. The van der Waals surface area contributed by atoms with Crippen LogP contribution in [0.3, 0.4) is 0 Å². The molecule has 2 saturated heterocycles. The Morgan fingerprint density at radius 3 is 2.78 bits per heavy atom. The molecule has 0 radical (unpaired) electrons. The second-order valence-corrected chi connectivity index (χ2v) is 10.3. The summed E-state index contributed by atoms with van der Waals surface area (Å²) < 4.78 is 19.4. The minimum atomic E-state index is -0.531. The first-order valence-electron chi connectivity index (χ1n) is 12.8. The van der Waals surface area contributed by atoms with Crippen LogP contribution in [0.2, 0.25) is 5.02 Å². The number of halogens is 2. The van der Waals surface area contributed by atoms with E-state index >= 15 is 0 Å². The highest BCUT2D eigenvalue weighted by atomic mass is 35.5. The van der Waals surface area contributed by atoms with Gasteiger partial charge in [0.05, 0.1) is 11.1 Å². The number of likely N-dealkylation sites (tertiary alicyclic amines) is 1. The van der Waals surface area contributed by atoms with Gasteiger partial charge in [0.15, 0.2) is 0 Å². The van der Waals surface area contributed by atoms with Crippen molar-refractivity contribution >= 4 is 23.4 Å². The van der Waals surface area contributed by atoms with E-state index in [1.165, 1.54) is 29.3 Å². The van der Waals surface area contributed by atoms with E-state index in [1.54, 1.807) is 0 Å². The highest BCUT2D eigenvalue weighted by Crippen LogP contribution is 2.35. The second-order valence-electron chi connectivity index (χ2n) is 9.90. The number of carbonyl (C=O) groups excluding carboxylic acids is 2. The summed E-state index contributed by atoms with van der Waals surface area (Å²) in [5.74, 6) is 0.191. The maximum absolute atomic E-state index is 13.4. The minimum Gasteiger partial charge on any atom is -0.491 e. The summed E-state index contributed by atoms with van der Waals surface area (Å²) in [5, 5.41) is 5.85. The number of hydrogen-bond acceptors (Lipinski definition) is 4. The lowest BCUT2D eigenvalue weighted by molar-refractivity contribution is -0.119. The van der Waals surface area contributed by atoms with Crippen LogP contribution in [0.15, 0.2) is 30.3 Å². The summed E-state index contributed by atoms with van der Waals surface area (Å²) >= 11 is 5.81. The summed E-state index contributed by atoms with van der Waals surface area (Å²) in [6.45, 7) is 8.53. The fraction of sp³-hybridized carbons (Fsp3) is 0.500. The maximum atomic E-state index is 13.4. The van der Waals surface area contributed by atoms with Gasteiger partial charge in [0.2, 0.25) is 5.91 Å². The van der Waals surface area contributed by atoms with Gasteiger partial charge in [-0.25, -0.2) is 4.39 Å². The summed E-state index contributed by atoms with van der Waals surface area (Å²) in [6.07, 6.45) is 4.46. The largest absolute Gasteiger partial charge is 0.491 e. The number of carbonyl (C=O) groups is 2. The Morgan fingerprint density at radius 1 is 1.25 bits per heavy atom. The van der Waals surface area contributed by atoms with Gasteiger partial charge in [0, 0.05) is 30.6 Å². The molecule has 0 aromatic heterocycles. The molecule has 0 spiro atoms. The lowest BCUT2D eigenvalue weighted by Gasteiger charge is -2.32. The van der Waals surface area contributed by atoms with Crippen molar-refractivity contribution in [3.8, 4) is 5.75 Å². The Bertz CT molecular complexity index is 1130. The molecule has 2 aromatic rings. The second kappa shape index (κ2) is 11.6. The molecule has 2 unspecified atom stereocenters. The number of nitrogens with one attached hydrogen (secondary N) is 2. The molecule has 6 nitrogen and oxygen atoms in total.